The van der Waals surface area contributed by atoms with E-state index in [0.717, 1.165) is 36.7 Å². The van der Waals surface area contributed by atoms with Gasteiger partial charge in [-0.1, -0.05) is 44.7 Å². The lowest BCUT2D eigenvalue weighted by molar-refractivity contribution is 0.292. The molecule has 24 heavy (non-hydrogen) atoms. The van der Waals surface area contributed by atoms with Crippen LogP contribution in [0.25, 0.3) is 11.0 Å². The summed E-state index contributed by atoms with van der Waals surface area (Å²) in [7, 11) is 0. The molecule has 1 aromatic heterocycles. The largest absolute Gasteiger partial charge is 0.328 e. The molecule has 0 spiro atoms. The van der Waals surface area contributed by atoms with Gasteiger partial charge in [0, 0.05) is 17.5 Å². The molecule has 0 bridgehead atoms. The molecule has 1 aliphatic carbocycles. The van der Waals surface area contributed by atoms with E-state index in [0.29, 0.717) is 5.92 Å². The van der Waals surface area contributed by atoms with Gasteiger partial charge in [-0.15, -0.1) is 0 Å². The van der Waals surface area contributed by atoms with Gasteiger partial charge < -0.3 is 9.47 Å². The molecule has 132 valence electrons. The summed E-state index contributed by atoms with van der Waals surface area (Å²) in [6.45, 7) is 8.96. The predicted octanol–water partition coefficient (Wildman–Crippen LogP) is 5.47. The van der Waals surface area contributed by atoms with Gasteiger partial charge >= 0.3 is 0 Å². The van der Waals surface area contributed by atoms with E-state index in [1.807, 2.05) is 12.1 Å². The SMILES string of the molecule is CCN(CC)CCCn1c(C2CCCCC2)nc2cc(Cl)ccc21. The zero-order chi connectivity index (χ0) is 16.9. The molecule has 1 saturated carbocycles. The molecule has 0 amide bonds. The van der Waals surface area contributed by atoms with Gasteiger partial charge in [0.05, 0.1) is 11.0 Å². The van der Waals surface area contributed by atoms with Crippen LogP contribution in [0.5, 0.6) is 0 Å². The minimum Gasteiger partial charge on any atom is -0.328 e. The number of aryl methyl sites for hydroxylation is 1. The first kappa shape index (κ1) is 17.8. The third-order valence-corrected chi connectivity index (χ3v) is 5.70. The van der Waals surface area contributed by atoms with Crippen LogP contribution in [0.15, 0.2) is 18.2 Å². The van der Waals surface area contributed by atoms with E-state index in [1.165, 1.54) is 49.9 Å². The van der Waals surface area contributed by atoms with E-state index in [2.05, 4.69) is 29.4 Å². The second-order valence-corrected chi connectivity index (χ2v) is 7.41. The van der Waals surface area contributed by atoms with Crippen molar-refractivity contribution in [3.05, 3.63) is 29.0 Å². The van der Waals surface area contributed by atoms with E-state index in [9.17, 15) is 0 Å². The average Bonchev–Trinajstić information content (AvgIpc) is 2.97. The van der Waals surface area contributed by atoms with Crippen molar-refractivity contribution in [2.75, 3.05) is 19.6 Å². The fourth-order valence-electron chi connectivity index (χ4n) is 4.02. The first-order chi connectivity index (χ1) is 11.7. The van der Waals surface area contributed by atoms with E-state index in [1.54, 1.807) is 0 Å². The maximum Gasteiger partial charge on any atom is 0.112 e. The van der Waals surface area contributed by atoms with Gasteiger partial charge in [-0.2, -0.15) is 0 Å². The summed E-state index contributed by atoms with van der Waals surface area (Å²) in [4.78, 5) is 7.50. The predicted molar refractivity (Wildman–Crippen MR) is 103 cm³/mol. The molecule has 0 aliphatic heterocycles. The number of imidazole rings is 1. The Morgan fingerprint density at radius 3 is 2.62 bits per heavy atom. The van der Waals surface area contributed by atoms with Gasteiger partial charge in [0.1, 0.15) is 5.82 Å². The van der Waals surface area contributed by atoms with Crippen LogP contribution in [0, 0.1) is 0 Å². The van der Waals surface area contributed by atoms with E-state index in [4.69, 9.17) is 16.6 Å². The monoisotopic (exact) mass is 347 g/mol. The summed E-state index contributed by atoms with van der Waals surface area (Å²) in [5, 5.41) is 0.783. The number of fused-ring (bicyclic) bond motifs is 1. The molecular formula is C20H30ClN3. The molecule has 0 atom stereocenters. The van der Waals surface area contributed by atoms with Crippen LogP contribution < -0.4 is 0 Å². The minimum atomic E-state index is 0.623. The maximum absolute atomic E-state index is 6.19. The Labute approximate surface area is 151 Å². The van der Waals surface area contributed by atoms with Crippen molar-refractivity contribution in [3.63, 3.8) is 0 Å². The highest BCUT2D eigenvalue weighted by Crippen LogP contribution is 2.34. The van der Waals surface area contributed by atoms with Gasteiger partial charge in [-0.25, -0.2) is 4.98 Å². The fraction of sp³-hybridized carbons (Fsp3) is 0.650. The Kier molecular flexibility index (Phi) is 6.18. The van der Waals surface area contributed by atoms with Gasteiger partial charge in [-0.3, -0.25) is 0 Å². The Morgan fingerprint density at radius 1 is 1.17 bits per heavy atom. The first-order valence-corrected chi connectivity index (χ1v) is 9.98. The molecular weight excluding hydrogens is 318 g/mol. The number of rotatable bonds is 7. The Hall–Kier alpha value is -1.06. The molecule has 0 saturated heterocycles. The maximum atomic E-state index is 6.19. The number of aromatic nitrogens is 2. The molecule has 1 heterocycles. The van der Waals surface area contributed by atoms with Crippen molar-refractivity contribution < 1.29 is 0 Å². The van der Waals surface area contributed by atoms with Crippen molar-refractivity contribution in [1.82, 2.24) is 14.5 Å². The summed E-state index contributed by atoms with van der Waals surface area (Å²) < 4.78 is 2.48. The van der Waals surface area contributed by atoms with E-state index in [-0.39, 0.29) is 0 Å². The molecule has 3 nitrogen and oxygen atoms in total. The zero-order valence-electron chi connectivity index (χ0n) is 15.1. The third kappa shape index (κ3) is 3.94. The molecule has 0 radical (unpaired) electrons. The zero-order valence-corrected chi connectivity index (χ0v) is 15.9. The summed E-state index contributed by atoms with van der Waals surface area (Å²) in [5.74, 6) is 1.92. The van der Waals surface area contributed by atoms with Gasteiger partial charge in [-0.05, 0) is 57.1 Å². The second kappa shape index (κ2) is 8.35. The van der Waals surface area contributed by atoms with Crippen molar-refractivity contribution in [3.8, 4) is 0 Å². The summed E-state index contributed by atoms with van der Waals surface area (Å²) in [6.07, 6.45) is 7.81. The molecule has 0 unspecified atom stereocenters. The molecule has 2 aromatic rings. The lowest BCUT2D eigenvalue weighted by Gasteiger charge is -2.23. The van der Waals surface area contributed by atoms with Crippen LogP contribution in [-0.4, -0.2) is 34.1 Å². The van der Waals surface area contributed by atoms with Crippen molar-refractivity contribution in [1.29, 1.82) is 0 Å². The average molecular weight is 348 g/mol. The van der Waals surface area contributed by atoms with Gasteiger partial charge in [0.25, 0.3) is 0 Å². The summed E-state index contributed by atoms with van der Waals surface area (Å²) >= 11 is 6.19. The summed E-state index contributed by atoms with van der Waals surface area (Å²) in [6, 6.07) is 6.16. The quantitative estimate of drug-likeness (QED) is 0.662. The number of nitrogens with zero attached hydrogens (tertiary/aromatic N) is 3. The van der Waals surface area contributed by atoms with Crippen molar-refractivity contribution >= 4 is 22.6 Å². The lowest BCUT2D eigenvalue weighted by atomic mass is 9.88. The van der Waals surface area contributed by atoms with Crippen LogP contribution in [0.3, 0.4) is 0 Å². The first-order valence-electron chi connectivity index (χ1n) is 9.61. The highest BCUT2D eigenvalue weighted by atomic mass is 35.5. The number of hydrogen-bond acceptors (Lipinski definition) is 2. The second-order valence-electron chi connectivity index (χ2n) is 6.97. The number of halogens is 1. The Morgan fingerprint density at radius 2 is 1.92 bits per heavy atom. The molecule has 1 fully saturated rings. The highest BCUT2D eigenvalue weighted by molar-refractivity contribution is 6.31. The highest BCUT2D eigenvalue weighted by Gasteiger charge is 2.22. The number of benzene rings is 1. The van der Waals surface area contributed by atoms with Crippen LogP contribution in [0.1, 0.15) is 64.1 Å². The van der Waals surface area contributed by atoms with Crippen LogP contribution in [0.2, 0.25) is 5.02 Å². The number of hydrogen-bond donors (Lipinski definition) is 0. The topological polar surface area (TPSA) is 21.1 Å². The lowest BCUT2D eigenvalue weighted by Crippen LogP contribution is -2.25. The van der Waals surface area contributed by atoms with Crippen molar-refractivity contribution in [2.24, 2.45) is 0 Å². The third-order valence-electron chi connectivity index (χ3n) is 5.46. The van der Waals surface area contributed by atoms with E-state index < -0.39 is 0 Å². The normalized spacial score (nSPS) is 16.3. The molecule has 1 aliphatic rings. The Balaban J connectivity index is 1.85. The fourth-order valence-corrected chi connectivity index (χ4v) is 4.19. The molecule has 0 N–H and O–H groups in total. The Bertz CT molecular complexity index is 654. The molecule has 4 heteroatoms. The smallest absolute Gasteiger partial charge is 0.112 e. The molecule has 1 aromatic carbocycles. The van der Waals surface area contributed by atoms with Crippen LogP contribution >= 0.6 is 11.6 Å². The van der Waals surface area contributed by atoms with E-state index >= 15 is 0 Å². The van der Waals surface area contributed by atoms with Crippen molar-refractivity contribution in [2.45, 2.75) is 64.8 Å². The van der Waals surface area contributed by atoms with Gasteiger partial charge in [0.15, 0.2) is 0 Å². The standard InChI is InChI=1S/C20H30ClN3/c1-3-23(4-2)13-8-14-24-19-12-11-17(21)15-18(19)22-20(24)16-9-6-5-7-10-16/h11-12,15-16H,3-10,13-14H2,1-2H3. The van der Waals surface area contributed by atoms with Crippen LogP contribution in [-0.2, 0) is 6.54 Å². The van der Waals surface area contributed by atoms with Gasteiger partial charge in [0.2, 0.25) is 0 Å². The minimum absolute atomic E-state index is 0.623. The summed E-state index contributed by atoms with van der Waals surface area (Å²) in [5.41, 5.74) is 2.31. The van der Waals surface area contributed by atoms with Crippen LogP contribution in [0.4, 0.5) is 0 Å². The molecule has 3 rings (SSSR count).